The molecule has 1 aromatic carbocycles. The van der Waals surface area contributed by atoms with Gasteiger partial charge in [-0.2, -0.15) is 4.90 Å². The summed E-state index contributed by atoms with van der Waals surface area (Å²) in [6.45, 7) is 1.25. The Morgan fingerprint density at radius 1 is 1.32 bits per heavy atom. The summed E-state index contributed by atoms with van der Waals surface area (Å²) in [5, 5.41) is 9.99. The fraction of sp³-hybridized carbons (Fsp3) is 0.350. The maximum absolute atomic E-state index is 12.8. The van der Waals surface area contributed by atoms with E-state index >= 15 is 0 Å². The number of furan rings is 1. The summed E-state index contributed by atoms with van der Waals surface area (Å²) in [7, 11) is 0. The minimum Gasteiger partial charge on any atom is -0.467 e. The van der Waals surface area contributed by atoms with Crippen molar-refractivity contribution in [1.29, 1.82) is 0 Å². The number of hydrogen-bond donors (Lipinski definition) is 1. The number of hydrogen-bond acceptors (Lipinski definition) is 6. The van der Waals surface area contributed by atoms with E-state index in [2.05, 4.69) is 0 Å². The first kappa shape index (κ1) is 18.4. The molecule has 0 radical (unpaired) electrons. The van der Waals surface area contributed by atoms with Crippen LogP contribution in [0.25, 0.3) is 0 Å². The molecule has 1 N–H and O–H groups in total. The second kappa shape index (κ2) is 7.21. The van der Waals surface area contributed by atoms with E-state index in [1.165, 1.54) is 18.1 Å². The van der Waals surface area contributed by atoms with Crippen LogP contribution < -0.4 is 4.90 Å². The number of imide groups is 3. The number of aliphatic hydroxyl groups is 1. The molecule has 2 aliphatic rings. The molecule has 2 aromatic rings. The number of benzene rings is 1. The molecule has 146 valence electrons. The Labute approximate surface area is 161 Å². The van der Waals surface area contributed by atoms with E-state index in [0.717, 1.165) is 11.1 Å². The number of aliphatic hydroxyl groups excluding tert-OH is 1. The number of aryl methyl sites for hydroxylation is 1. The third kappa shape index (κ3) is 3.10. The fourth-order valence-electron chi connectivity index (χ4n) is 3.72. The van der Waals surface area contributed by atoms with Crippen LogP contribution in [0.1, 0.15) is 36.3 Å². The van der Waals surface area contributed by atoms with Gasteiger partial charge in [0.1, 0.15) is 18.4 Å². The van der Waals surface area contributed by atoms with Crippen molar-refractivity contribution in [3.05, 3.63) is 53.5 Å². The van der Waals surface area contributed by atoms with Crippen LogP contribution in [0.5, 0.6) is 0 Å². The fourth-order valence-corrected chi connectivity index (χ4v) is 3.72. The lowest BCUT2D eigenvalue weighted by atomic mass is 10.1. The lowest BCUT2D eigenvalue weighted by Gasteiger charge is -2.22. The number of urea groups is 1. The van der Waals surface area contributed by atoms with Crippen LogP contribution in [0, 0.1) is 0 Å². The van der Waals surface area contributed by atoms with Gasteiger partial charge in [-0.25, -0.2) is 4.79 Å². The first-order chi connectivity index (χ1) is 13.5. The number of anilines is 1. The van der Waals surface area contributed by atoms with Crippen molar-refractivity contribution < 1.29 is 28.6 Å². The van der Waals surface area contributed by atoms with Crippen molar-refractivity contribution >= 4 is 23.5 Å². The zero-order valence-electron chi connectivity index (χ0n) is 15.3. The van der Waals surface area contributed by atoms with Crippen molar-refractivity contribution in [2.24, 2.45) is 0 Å². The summed E-state index contributed by atoms with van der Waals surface area (Å²) in [5.74, 6) is -0.652. The van der Waals surface area contributed by atoms with Crippen molar-refractivity contribution in [3.8, 4) is 0 Å². The van der Waals surface area contributed by atoms with Crippen LogP contribution in [0.3, 0.4) is 0 Å². The minimum absolute atomic E-state index is 0.0746. The van der Waals surface area contributed by atoms with E-state index in [-0.39, 0.29) is 13.2 Å². The summed E-state index contributed by atoms with van der Waals surface area (Å²) >= 11 is 0. The van der Waals surface area contributed by atoms with Crippen LogP contribution in [-0.4, -0.2) is 40.5 Å². The van der Waals surface area contributed by atoms with Crippen LogP contribution >= 0.6 is 0 Å². The zero-order chi connectivity index (χ0) is 19.8. The second-order valence-corrected chi connectivity index (χ2v) is 6.89. The van der Waals surface area contributed by atoms with Crippen molar-refractivity contribution in [2.75, 3.05) is 11.5 Å². The minimum atomic E-state index is -0.948. The summed E-state index contributed by atoms with van der Waals surface area (Å²) in [5.41, 5.74) is 2.26. The molecule has 2 unspecified atom stereocenters. The van der Waals surface area contributed by atoms with Gasteiger partial charge in [-0.1, -0.05) is 6.07 Å². The molecule has 4 amide bonds. The molecular weight excluding hydrogens is 364 g/mol. The number of amides is 4. The molecule has 2 heterocycles. The predicted molar refractivity (Wildman–Crippen MR) is 97.3 cm³/mol. The highest BCUT2D eigenvalue weighted by Crippen LogP contribution is 2.35. The standard InChI is InChI=1S/C20H20N2O6/c1-12(23)21-19(25)17(11-27-10-15-3-2-8-28-15)22(20(21)26)14-5-6-16-13(9-14)4-7-18(16)24/h2-3,5-6,8-9,17-18,24H,4,7,10-11H2,1H3. The van der Waals surface area contributed by atoms with Crippen molar-refractivity contribution in [1.82, 2.24) is 4.90 Å². The van der Waals surface area contributed by atoms with Gasteiger partial charge in [0.2, 0.25) is 5.91 Å². The van der Waals surface area contributed by atoms with Crippen molar-refractivity contribution in [2.45, 2.75) is 38.5 Å². The van der Waals surface area contributed by atoms with Gasteiger partial charge in [0.25, 0.3) is 5.91 Å². The van der Waals surface area contributed by atoms with E-state index in [0.29, 0.717) is 29.2 Å². The second-order valence-electron chi connectivity index (χ2n) is 6.89. The Bertz CT molecular complexity index is 923. The SMILES string of the molecule is CC(=O)N1C(=O)C(COCc2ccco2)N(c2ccc3c(c2)CCC3O)C1=O. The lowest BCUT2D eigenvalue weighted by molar-refractivity contribution is -0.138. The molecule has 2 atom stereocenters. The highest BCUT2D eigenvalue weighted by Gasteiger charge is 2.48. The van der Waals surface area contributed by atoms with Gasteiger partial charge in [0.05, 0.1) is 19.0 Å². The molecule has 1 aromatic heterocycles. The third-order valence-corrected chi connectivity index (χ3v) is 5.08. The van der Waals surface area contributed by atoms with Gasteiger partial charge in [0, 0.05) is 12.6 Å². The largest absolute Gasteiger partial charge is 0.467 e. The summed E-state index contributed by atoms with van der Waals surface area (Å²) in [6, 6.07) is 7.07. The number of rotatable bonds is 5. The molecule has 1 aliphatic carbocycles. The first-order valence-corrected chi connectivity index (χ1v) is 9.06. The quantitative estimate of drug-likeness (QED) is 0.793. The lowest BCUT2D eigenvalue weighted by Crippen LogP contribution is -2.38. The molecule has 8 nitrogen and oxygen atoms in total. The number of ether oxygens (including phenoxy) is 1. The molecule has 0 bridgehead atoms. The molecule has 1 fully saturated rings. The number of carbonyl (C=O) groups excluding carboxylic acids is 3. The molecule has 0 spiro atoms. The van der Waals surface area contributed by atoms with Gasteiger partial charge >= 0.3 is 6.03 Å². The van der Waals surface area contributed by atoms with Gasteiger partial charge in [-0.15, -0.1) is 0 Å². The van der Waals surface area contributed by atoms with E-state index in [9.17, 15) is 19.5 Å². The number of fused-ring (bicyclic) bond motifs is 1. The maximum Gasteiger partial charge on any atom is 0.339 e. The molecule has 0 saturated carbocycles. The number of carbonyl (C=O) groups is 3. The Kier molecular flexibility index (Phi) is 4.74. The van der Waals surface area contributed by atoms with Crippen LogP contribution in [0.2, 0.25) is 0 Å². The monoisotopic (exact) mass is 384 g/mol. The average molecular weight is 384 g/mol. The van der Waals surface area contributed by atoms with Gasteiger partial charge in [0.15, 0.2) is 0 Å². The normalized spacial score (nSPS) is 21.5. The third-order valence-electron chi connectivity index (χ3n) is 5.08. The summed E-state index contributed by atoms with van der Waals surface area (Å²) in [6.07, 6.45) is 2.32. The van der Waals surface area contributed by atoms with E-state index in [1.807, 2.05) is 0 Å². The summed E-state index contributed by atoms with van der Waals surface area (Å²) < 4.78 is 10.8. The highest BCUT2D eigenvalue weighted by molar-refractivity contribution is 6.22. The molecule has 1 aliphatic heterocycles. The zero-order valence-corrected chi connectivity index (χ0v) is 15.3. The van der Waals surface area contributed by atoms with E-state index in [1.54, 1.807) is 30.3 Å². The summed E-state index contributed by atoms with van der Waals surface area (Å²) in [4.78, 5) is 39.3. The van der Waals surface area contributed by atoms with Gasteiger partial charge in [-0.05, 0) is 48.2 Å². The number of nitrogens with zero attached hydrogens (tertiary/aromatic N) is 2. The molecule has 4 rings (SSSR count). The average Bonchev–Trinajstić information content (AvgIpc) is 3.35. The van der Waals surface area contributed by atoms with Gasteiger partial charge < -0.3 is 14.3 Å². The first-order valence-electron chi connectivity index (χ1n) is 9.06. The maximum atomic E-state index is 12.8. The molecular formula is C20H20N2O6. The Balaban J connectivity index is 1.60. The molecule has 28 heavy (non-hydrogen) atoms. The van der Waals surface area contributed by atoms with E-state index in [4.69, 9.17) is 9.15 Å². The predicted octanol–water partition coefficient (Wildman–Crippen LogP) is 2.16. The molecule has 8 heteroatoms. The van der Waals surface area contributed by atoms with Crippen LogP contribution in [-0.2, 0) is 27.4 Å². The smallest absolute Gasteiger partial charge is 0.339 e. The highest BCUT2D eigenvalue weighted by atomic mass is 16.5. The van der Waals surface area contributed by atoms with Gasteiger partial charge in [-0.3, -0.25) is 14.5 Å². The molecule has 1 saturated heterocycles. The Hall–Kier alpha value is -2.97. The Morgan fingerprint density at radius 3 is 2.86 bits per heavy atom. The van der Waals surface area contributed by atoms with Crippen molar-refractivity contribution in [3.63, 3.8) is 0 Å². The Morgan fingerprint density at radius 2 is 2.14 bits per heavy atom. The van der Waals surface area contributed by atoms with Crippen LogP contribution in [0.15, 0.2) is 41.0 Å². The van der Waals surface area contributed by atoms with Crippen LogP contribution in [0.4, 0.5) is 10.5 Å². The van der Waals surface area contributed by atoms with E-state index < -0.39 is 30.0 Å². The topological polar surface area (TPSA) is 100 Å².